The molecule has 0 unspecified atom stereocenters. The molecule has 0 saturated heterocycles. The van der Waals surface area contributed by atoms with Crippen LogP contribution in [0.25, 0.3) is 11.1 Å². The highest BCUT2D eigenvalue weighted by atomic mass is 32.2. The number of alkyl carbamates (subject to hydrolysis) is 1. The molecule has 1 atom stereocenters. The predicted molar refractivity (Wildman–Crippen MR) is 132 cm³/mol. The summed E-state index contributed by atoms with van der Waals surface area (Å²) in [5, 5.41) is 14.8. The molecule has 8 heteroatoms. The number of carbonyl (C=O) groups is 3. The number of benzene rings is 2. The van der Waals surface area contributed by atoms with Crippen LogP contribution < -0.4 is 10.6 Å². The van der Waals surface area contributed by atoms with Gasteiger partial charge in [-0.15, -0.1) is 0 Å². The Hall–Kier alpha value is -3.00. The molecule has 7 nitrogen and oxygen atoms in total. The lowest BCUT2D eigenvalue weighted by Crippen LogP contribution is -2.55. The molecule has 0 aliphatic heterocycles. The van der Waals surface area contributed by atoms with E-state index in [0.29, 0.717) is 25.0 Å². The number of carbonyl (C=O) groups excluding carboxylic acids is 2. The second-order valence-corrected chi connectivity index (χ2v) is 9.94. The van der Waals surface area contributed by atoms with E-state index in [0.717, 1.165) is 28.7 Å². The van der Waals surface area contributed by atoms with Gasteiger partial charge in [0.15, 0.2) is 0 Å². The van der Waals surface area contributed by atoms with Gasteiger partial charge < -0.3 is 20.5 Å². The molecule has 1 saturated carbocycles. The average molecular weight is 483 g/mol. The Bertz CT molecular complexity index is 1020. The average Bonchev–Trinajstić information content (AvgIpc) is 3.13. The quantitative estimate of drug-likeness (QED) is 0.473. The normalized spacial score (nSPS) is 16.5. The molecular weight excluding hydrogens is 452 g/mol. The summed E-state index contributed by atoms with van der Waals surface area (Å²) in [6, 6.07) is 15.3. The summed E-state index contributed by atoms with van der Waals surface area (Å²) in [7, 11) is 0. The third-order valence-corrected chi connectivity index (χ3v) is 7.57. The predicted octanol–water partition coefficient (Wildman–Crippen LogP) is 4.02. The molecule has 34 heavy (non-hydrogen) atoms. The topological polar surface area (TPSA) is 105 Å². The molecule has 0 radical (unpaired) electrons. The summed E-state index contributed by atoms with van der Waals surface area (Å²) in [4.78, 5) is 37.0. The SMILES string of the molecule is CSCC[C@@H](NC(=O)C1(CNC(=O)OCC2c3ccccc3-c3ccccc32)CCC1)C(=O)O. The van der Waals surface area contributed by atoms with Crippen LogP contribution in [0.1, 0.15) is 42.7 Å². The number of rotatable bonds is 10. The summed E-state index contributed by atoms with van der Waals surface area (Å²) in [6.07, 6.45) is 3.76. The monoisotopic (exact) mass is 482 g/mol. The van der Waals surface area contributed by atoms with E-state index in [-0.39, 0.29) is 25.0 Å². The van der Waals surface area contributed by atoms with E-state index in [1.54, 1.807) is 0 Å². The number of carboxylic acids is 1. The van der Waals surface area contributed by atoms with Crippen molar-refractivity contribution < 1.29 is 24.2 Å². The highest BCUT2D eigenvalue weighted by Crippen LogP contribution is 2.44. The highest BCUT2D eigenvalue weighted by Gasteiger charge is 2.45. The first-order chi connectivity index (χ1) is 16.4. The van der Waals surface area contributed by atoms with E-state index >= 15 is 0 Å². The molecule has 1 fully saturated rings. The van der Waals surface area contributed by atoms with Crippen molar-refractivity contribution in [3.8, 4) is 11.1 Å². The number of fused-ring (bicyclic) bond motifs is 3. The Morgan fingerprint density at radius 1 is 1.09 bits per heavy atom. The lowest BCUT2D eigenvalue weighted by Gasteiger charge is -2.40. The molecule has 0 aromatic heterocycles. The molecule has 2 aromatic rings. The van der Waals surface area contributed by atoms with Crippen LogP contribution in [0.5, 0.6) is 0 Å². The smallest absolute Gasteiger partial charge is 0.407 e. The largest absolute Gasteiger partial charge is 0.480 e. The Balaban J connectivity index is 1.34. The summed E-state index contributed by atoms with van der Waals surface area (Å²) >= 11 is 1.54. The fraction of sp³-hybridized carbons (Fsp3) is 0.423. The molecule has 0 spiro atoms. The van der Waals surface area contributed by atoms with E-state index in [4.69, 9.17) is 4.74 Å². The summed E-state index contributed by atoms with van der Waals surface area (Å²) in [6.45, 7) is 0.333. The number of thioether (sulfide) groups is 1. The van der Waals surface area contributed by atoms with Gasteiger partial charge in [-0.1, -0.05) is 55.0 Å². The number of ether oxygens (including phenoxy) is 1. The molecular formula is C26H30N2O5S. The number of hydrogen-bond acceptors (Lipinski definition) is 5. The van der Waals surface area contributed by atoms with E-state index in [2.05, 4.69) is 34.9 Å². The van der Waals surface area contributed by atoms with Crippen LogP contribution in [-0.2, 0) is 14.3 Å². The van der Waals surface area contributed by atoms with Crippen LogP contribution in [0.15, 0.2) is 48.5 Å². The maximum absolute atomic E-state index is 12.9. The number of amides is 2. The number of hydrogen-bond donors (Lipinski definition) is 3. The highest BCUT2D eigenvalue weighted by molar-refractivity contribution is 7.98. The Kier molecular flexibility index (Phi) is 7.46. The van der Waals surface area contributed by atoms with Gasteiger partial charge in [-0.2, -0.15) is 11.8 Å². The molecule has 4 rings (SSSR count). The van der Waals surface area contributed by atoms with Gasteiger partial charge in [-0.25, -0.2) is 9.59 Å². The van der Waals surface area contributed by atoms with Gasteiger partial charge in [0.25, 0.3) is 0 Å². The van der Waals surface area contributed by atoms with Gasteiger partial charge in [0.2, 0.25) is 5.91 Å². The molecule has 180 valence electrons. The molecule has 2 amide bonds. The maximum atomic E-state index is 12.9. The molecule has 2 aliphatic rings. The number of carboxylic acid groups (broad SMARTS) is 1. The first kappa shape index (κ1) is 24.1. The lowest BCUT2D eigenvalue weighted by molar-refractivity contribution is -0.145. The van der Waals surface area contributed by atoms with Crippen LogP contribution in [0.2, 0.25) is 0 Å². The molecule has 3 N–H and O–H groups in total. The third-order valence-electron chi connectivity index (χ3n) is 6.92. The Labute approximate surface area is 203 Å². The molecule has 2 aromatic carbocycles. The van der Waals surface area contributed by atoms with Gasteiger partial charge in [0.05, 0.1) is 5.41 Å². The maximum Gasteiger partial charge on any atom is 0.407 e. The zero-order valence-corrected chi connectivity index (χ0v) is 20.0. The second kappa shape index (κ2) is 10.5. The van der Waals surface area contributed by atoms with Gasteiger partial charge in [-0.05, 0) is 53.5 Å². The minimum Gasteiger partial charge on any atom is -0.480 e. The minimum absolute atomic E-state index is 0.0353. The van der Waals surface area contributed by atoms with E-state index in [1.165, 1.54) is 11.8 Å². The summed E-state index contributed by atoms with van der Waals surface area (Å²) < 4.78 is 5.58. The van der Waals surface area contributed by atoms with Crippen LogP contribution in [0.4, 0.5) is 4.79 Å². The van der Waals surface area contributed by atoms with Crippen LogP contribution in [-0.4, -0.2) is 54.3 Å². The van der Waals surface area contributed by atoms with Gasteiger partial charge >= 0.3 is 12.1 Å². The number of nitrogens with one attached hydrogen (secondary N) is 2. The first-order valence-corrected chi connectivity index (χ1v) is 13.0. The van der Waals surface area contributed by atoms with Crippen LogP contribution in [0, 0.1) is 5.41 Å². The minimum atomic E-state index is -1.04. The van der Waals surface area contributed by atoms with Gasteiger partial charge in [0, 0.05) is 12.5 Å². The Morgan fingerprint density at radius 3 is 2.24 bits per heavy atom. The van der Waals surface area contributed by atoms with Gasteiger partial charge in [-0.3, -0.25) is 4.79 Å². The van der Waals surface area contributed by atoms with Crippen molar-refractivity contribution in [2.45, 2.75) is 37.6 Å². The van der Waals surface area contributed by atoms with E-state index in [9.17, 15) is 19.5 Å². The van der Waals surface area contributed by atoms with Crippen LogP contribution >= 0.6 is 11.8 Å². The van der Waals surface area contributed by atoms with Crippen LogP contribution in [0.3, 0.4) is 0 Å². The van der Waals surface area contributed by atoms with Crippen molar-refractivity contribution in [2.24, 2.45) is 5.41 Å². The van der Waals surface area contributed by atoms with E-state index < -0.39 is 23.5 Å². The number of aliphatic carboxylic acids is 1. The van der Waals surface area contributed by atoms with Crippen molar-refractivity contribution >= 4 is 29.7 Å². The van der Waals surface area contributed by atoms with Crippen molar-refractivity contribution in [1.82, 2.24) is 10.6 Å². The summed E-state index contributed by atoms with van der Waals surface area (Å²) in [5.74, 6) is -0.748. The molecule has 0 bridgehead atoms. The van der Waals surface area contributed by atoms with Crippen molar-refractivity contribution in [2.75, 3.05) is 25.2 Å². The first-order valence-electron chi connectivity index (χ1n) is 11.6. The zero-order valence-electron chi connectivity index (χ0n) is 19.2. The van der Waals surface area contributed by atoms with Crippen molar-refractivity contribution in [1.29, 1.82) is 0 Å². The van der Waals surface area contributed by atoms with Gasteiger partial charge in [0.1, 0.15) is 12.6 Å². The van der Waals surface area contributed by atoms with E-state index in [1.807, 2.05) is 30.5 Å². The zero-order chi connectivity index (χ0) is 24.1. The lowest BCUT2D eigenvalue weighted by atomic mass is 9.68. The summed E-state index contributed by atoms with van der Waals surface area (Å²) in [5.41, 5.74) is 3.81. The van der Waals surface area contributed by atoms with Crippen molar-refractivity contribution in [3.63, 3.8) is 0 Å². The third kappa shape index (κ3) is 4.92. The standard InChI is InChI=1S/C26H30N2O5S/c1-34-14-11-22(23(29)30)28-24(31)26(12-6-13-26)16-27-25(32)33-15-21-19-9-4-2-7-17(19)18-8-3-5-10-20(18)21/h2-5,7-10,21-22H,6,11-16H2,1H3,(H,27,32)(H,28,31)(H,29,30)/t22-/m1/s1. The molecule has 2 aliphatic carbocycles. The second-order valence-electron chi connectivity index (χ2n) is 8.96. The fourth-order valence-corrected chi connectivity index (χ4v) is 5.25. The fourth-order valence-electron chi connectivity index (χ4n) is 4.78. The van der Waals surface area contributed by atoms with Crippen molar-refractivity contribution in [3.05, 3.63) is 59.7 Å². The Morgan fingerprint density at radius 2 is 1.71 bits per heavy atom. The molecule has 0 heterocycles.